The van der Waals surface area contributed by atoms with Gasteiger partial charge in [0, 0.05) is 28.6 Å². The molecule has 0 unspecified atom stereocenters. The zero-order valence-corrected chi connectivity index (χ0v) is 21.3. The van der Waals surface area contributed by atoms with Crippen LogP contribution >= 0.6 is 11.8 Å². The fourth-order valence-corrected chi connectivity index (χ4v) is 5.14. The quantitative estimate of drug-likeness (QED) is 0.318. The summed E-state index contributed by atoms with van der Waals surface area (Å²) in [6, 6.07) is 7.39. The van der Waals surface area contributed by atoms with E-state index < -0.39 is 23.8 Å². The predicted octanol–water partition coefficient (Wildman–Crippen LogP) is 3.99. The summed E-state index contributed by atoms with van der Waals surface area (Å²) in [5.41, 5.74) is 2.92. The molecule has 8 heteroatoms. The maximum absolute atomic E-state index is 13.7. The number of Topliss-reactive ketones (excluding diaryl/α,β-unsaturated/α-hetero) is 1. The number of benzene rings is 1. The van der Waals surface area contributed by atoms with Gasteiger partial charge in [-0.15, -0.1) is 0 Å². The highest BCUT2D eigenvalue weighted by Crippen LogP contribution is 2.46. The molecule has 3 rings (SSSR count). The molecule has 3 atom stereocenters. The molecule has 34 heavy (non-hydrogen) atoms. The van der Waals surface area contributed by atoms with Crippen LogP contribution in [0.15, 0.2) is 46.8 Å². The largest absolute Gasteiger partial charge is 0.494 e. The molecule has 0 saturated heterocycles. The Bertz CT molecular complexity index is 1010. The lowest BCUT2D eigenvalue weighted by Crippen LogP contribution is -2.43. The van der Waals surface area contributed by atoms with Crippen molar-refractivity contribution < 1.29 is 28.6 Å². The molecule has 0 aromatic heterocycles. The van der Waals surface area contributed by atoms with Crippen LogP contribution in [0.4, 0.5) is 0 Å². The minimum atomic E-state index is -0.917. The molecule has 1 aliphatic heterocycles. The first-order chi connectivity index (χ1) is 16.3. The number of carbonyl (C=O) groups is 3. The van der Waals surface area contributed by atoms with Gasteiger partial charge < -0.3 is 19.5 Å². The van der Waals surface area contributed by atoms with E-state index in [9.17, 15) is 14.4 Å². The Morgan fingerprint density at radius 2 is 2.00 bits per heavy atom. The summed E-state index contributed by atoms with van der Waals surface area (Å²) in [6.07, 6.45) is 0.495. The average molecular weight is 488 g/mol. The van der Waals surface area contributed by atoms with Crippen LogP contribution in [-0.2, 0) is 23.9 Å². The Kier molecular flexibility index (Phi) is 8.83. The SMILES string of the molecule is CCOc1cccc([C@H]2C(C(=O)OCCSCC)=C(C)NC3=C2C(=O)[C@@H](C(=O)OC)[C@H](C)C3)c1. The van der Waals surface area contributed by atoms with Gasteiger partial charge in [-0.25, -0.2) is 4.79 Å². The molecule has 0 bridgehead atoms. The lowest BCUT2D eigenvalue weighted by Gasteiger charge is -2.38. The van der Waals surface area contributed by atoms with Crippen molar-refractivity contribution >= 4 is 29.5 Å². The molecule has 1 aliphatic carbocycles. The van der Waals surface area contributed by atoms with Crippen molar-refractivity contribution in [2.45, 2.75) is 40.0 Å². The Hall–Kier alpha value is -2.74. The fourth-order valence-electron chi connectivity index (χ4n) is 4.65. The van der Waals surface area contributed by atoms with Crippen LogP contribution < -0.4 is 10.1 Å². The molecule has 2 aliphatic rings. The number of esters is 2. The maximum atomic E-state index is 13.7. The molecule has 1 aromatic carbocycles. The summed E-state index contributed by atoms with van der Waals surface area (Å²) in [5, 5.41) is 3.28. The van der Waals surface area contributed by atoms with Crippen LogP contribution in [0.25, 0.3) is 0 Å². The van der Waals surface area contributed by atoms with Gasteiger partial charge in [0.15, 0.2) is 5.78 Å². The second kappa shape index (κ2) is 11.6. The standard InChI is InChI=1S/C26H33NO6S/c1-6-32-18-10-8-9-17(14-18)22-21(26(30)33-11-12-34-7-2)16(4)27-19-13-15(3)20(25(29)31-5)24(28)23(19)22/h8-10,14-15,20,22,27H,6-7,11-13H2,1-5H3/t15-,20+,22+/m1/s1. The van der Waals surface area contributed by atoms with Crippen molar-refractivity contribution in [2.24, 2.45) is 11.8 Å². The molecular weight excluding hydrogens is 454 g/mol. The normalized spacial score (nSPS) is 22.1. The number of ketones is 1. The average Bonchev–Trinajstić information content (AvgIpc) is 2.81. The van der Waals surface area contributed by atoms with Gasteiger partial charge in [0.25, 0.3) is 0 Å². The highest BCUT2D eigenvalue weighted by molar-refractivity contribution is 7.99. The summed E-state index contributed by atoms with van der Waals surface area (Å²) in [5.74, 6) is -0.888. The third-order valence-electron chi connectivity index (χ3n) is 6.13. The van der Waals surface area contributed by atoms with Crippen molar-refractivity contribution in [1.82, 2.24) is 5.32 Å². The van der Waals surface area contributed by atoms with Gasteiger partial charge in [-0.3, -0.25) is 9.59 Å². The number of thioether (sulfide) groups is 1. The second-order valence-electron chi connectivity index (χ2n) is 8.37. The number of methoxy groups -OCH3 is 1. The van der Waals surface area contributed by atoms with Crippen molar-refractivity contribution in [1.29, 1.82) is 0 Å². The van der Waals surface area contributed by atoms with Gasteiger partial charge in [-0.2, -0.15) is 11.8 Å². The first kappa shape index (κ1) is 25.9. The summed E-state index contributed by atoms with van der Waals surface area (Å²) in [7, 11) is 1.29. The highest BCUT2D eigenvalue weighted by atomic mass is 32.2. The molecule has 1 heterocycles. The van der Waals surface area contributed by atoms with Crippen molar-refractivity contribution in [3.05, 3.63) is 52.4 Å². The van der Waals surface area contributed by atoms with E-state index in [1.54, 1.807) is 11.8 Å². The molecule has 0 radical (unpaired) electrons. The first-order valence-electron chi connectivity index (χ1n) is 11.6. The number of allylic oxidation sites excluding steroid dienone is 3. The Morgan fingerprint density at radius 3 is 2.68 bits per heavy atom. The van der Waals surface area contributed by atoms with Crippen LogP contribution in [0.1, 0.15) is 45.6 Å². The number of dihydropyridines is 1. The molecular formula is C26H33NO6S. The smallest absolute Gasteiger partial charge is 0.336 e. The van der Waals surface area contributed by atoms with Crippen molar-refractivity contribution in [3.63, 3.8) is 0 Å². The number of ether oxygens (including phenoxy) is 3. The van der Waals surface area contributed by atoms with Crippen LogP contribution in [0.2, 0.25) is 0 Å². The molecule has 0 spiro atoms. The maximum Gasteiger partial charge on any atom is 0.336 e. The third kappa shape index (κ3) is 5.32. The van der Waals surface area contributed by atoms with Crippen molar-refractivity contribution in [3.8, 4) is 5.75 Å². The van der Waals surface area contributed by atoms with Gasteiger partial charge in [-0.1, -0.05) is 26.0 Å². The van der Waals surface area contributed by atoms with E-state index in [0.717, 1.165) is 17.0 Å². The summed E-state index contributed by atoms with van der Waals surface area (Å²) in [4.78, 5) is 39.5. The van der Waals surface area contributed by atoms with E-state index in [-0.39, 0.29) is 18.3 Å². The van der Waals surface area contributed by atoms with Crippen LogP contribution in [0.3, 0.4) is 0 Å². The molecule has 1 aromatic rings. The molecule has 0 amide bonds. The number of carbonyl (C=O) groups excluding carboxylic acids is 3. The number of hydrogen-bond acceptors (Lipinski definition) is 8. The van der Waals surface area contributed by atoms with Gasteiger partial charge in [0.1, 0.15) is 18.3 Å². The predicted molar refractivity (Wildman–Crippen MR) is 131 cm³/mol. The number of nitrogens with one attached hydrogen (secondary N) is 1. The molecule has 0 fully saturated rings. The zero-order valence-electron chi connectivity index (χ0n) is 20.4. The van der Waals surface area contributed by atoms with Gasteiger partial charge in [0.05, 0.1) is 19.3 Å². The lowest BCUT2D eigenvalue weighted by atomic mass is 9.69. The van der Waals surface area contributed by atoms with E-state index in [2.05, 4.69) is 5.32 Å². The molecule has 0 saturated carbocycles. The number of hydrogen-bond donors (Lipinski definition) is 1. The number of rotatable bonds is 9. The summed E-state index contributed by atoms with van der Waals surface area (Å²) in [6.45, 7) is 8.40. The van der Waals surface area contributed by atoms with Gasteiger partial charge in [-0.05, 0) is 49.6 Å². The monoisotopic (exact) mass is 487 g/mol. The van der Waals surface area contributed by atoms with E-state index in [1.807, 2.05) is 52.0 Å². The third-order valence-corrected chi connectivity index (χ3v) is 6.99. The second-order valence-corrected chi connectivity index (χ2v) is 9.77. The molecule has 184 valence electrons. The van der Waals surface area contributed by atoms with Crippen molar-refractivity contribution in [2.75, 3.05) is 31.8 Å². The van der Waals surface area contributed by atoms with E-state index >= 15 is 0 Å². The summed E-state index contributed by atoms with van der Waals surface area (Å²) < 4.78 is 16.2. The van der Waals surface area contributed by atoms with Gasteiger partial charge in [0.2, 0.25) is 0 Å². The van der Waals surface area contributed by atoms with Crippen LogP contribution in [-0.4, -0.2) is 49.6 Å². The summed E-state index contributed by atoms with van der Waals surface area (Å²) >= 11 is 1.69. The van der Waals surface area contributed by atoms with E-state index in [1.165, 1.54) is 7.11 Å². The van der Waals surface area contributed by atoms with E-state index in [4.69, 9.17) is 14.2 Å². The van der Waals surface area contributed by atoms with Gasteiger partial charge >= 0.3 is 11.9 Å². The molecule has 1 N–H and O–H groups in total. The zero-order chi connectivity index (χ0) is 24.8. The Labute approximate surface area is 205 Å². The van der Waals surface area contributed by atoms with Crippen LogP contribution in [0, 0.1) is 11.8 Å². The minimum absolute atomic E-state index is 0.228. The van der Waals surface area contributed by atoms with Crippen LogP contribution in [0.5, 0.6) is 5.75 Å². The fraction of sp³-hybridized carbons (Fsp3) is 0.500. The highest BCUT2D eigenvalue weighted by Gasteiger charge is 2.47. The van der Waals surface area contributed by atoms with E-state index in [0.29, 0.717) is 41.4 Å². The lowest BCUT2D eigenvalue weighted by molar-refractivity contribution is -0.151. The molecule has 7 nitrogen and oxygen atoms in total. The topological polar surface area (TPSA) is 90.9 Å². The Balaban J connectivity index is 2.09. The first-order valence-corrected chi connectivity index (χ1v) is 12.8. The Morgan fingerprint density at radius 1 is 1.24 bits per heavy atom. The minimum Gasteiger partial charge on any atom is -0.494 e.